The lowest BCUT2D eigenvalue weighted by Gasteiger charge is -2.19. The molecule has 0 aliphatic carbocycles. The Morgan fingerprint density at radius 3 is 2.10 bits per heavy atom. The van der Waals surface area contributed by atoms with Gasteiger partial charge in [0.1, 0.15) is 5.75 Å². The van der Waals surface area contributed by atoms with Crippen molar-refractivity contribution in [2.24, 2.45) is 5.92 Å². The fourth-order valence-corrected chi connectivity index (χ4v) is 7.71. The normalized spacial score (nSPS) is 16.6. The van der Waals surface area contributed by atoms with E-state index in [0.717, 1.165) is 21.4 Å². The number of anilines is 2. The Bertz CT molecular complexity index is 1790. The van der Waals surface area contributed by atoms with Crippen molar-refractivity contribution in [2.45, 2.75) is 13.3 Å². The number of ether oxygens (including phenoxy) is 1. The van der Waals surface area contributed by atoms with Gasteiger partial charge in [0.2, 0.25) is 5.91 Å². The highest BCUT2D eigenvalue weighted by Crippen LogP contribution is 2.46. The van der Waals surface area contributed by atoms with E-state index in [0.29, 0.717) is 29.1 Å². The standard InChI is InChI=1S/C30H18Br4N2O5/c1-14-11-17(9-10-19(14)36-28(38)22-23(29(36)39)25(32)27(34)26(33)24(22)31)41-30(40)16-12-21(37)35(13-16)20-8-4-6-15-5-2-3-7-18(15)20/h2-11,16H,12-13H2,1H3/t16-/m0/s1. The number of hydrogen-bond donors (Lipinski definition) is 0. The average Bonchev–Trinajstić information content (AvgIpc) is 3.47. The molecule has 7 nitrogen and oxygen atoms in total. The van der Waals surface area contributed by atoms with E-state index in [-0.39, 0.29) is 35.7 Å². The SMILES string of the molecule is Cc1cc(OC(=O)[C@H]2CC(=O)N(c3cccc4ccccc34)C2)ccc1N1C(=O)c2c(Br)c(Br)c(Br)c(Br)c2C1=O. The molecule has 206 valence electrons. The maximum absolute atomic E-state index is 13.4. The molecule has 0 bridgehead atoms. The number of nitrogens with zero attached hydrogens (tertiary/aromatic N) is 2. The number of hydrogen-bond acceptors (Lipinski definition) is 5. The smallest absolute Gasteiger partial charge is 0.316 e. The molecule has 0 N–H and O–H groups in total. The zero-order chi connectivity index (χ0) is 29.2. The highest BCUT2D eigenvalue weighted by molar-refractivity contribution is 9.15. The van der Waals surface area contributed by atoms with E-state index in [2.05, 4.69) is 63.7 Å². The maximum atomic E-state index is 13.4. The first-order valence-corrected chi connectivity index (χ1v) is 15.6. The fraction of sp³-hybridized carbons (Fsp3) is 0.133. The zero-order valence-electron chi connectivity index (χ0n) is 21.2. The van der Waals surface area contributed by atoms with Crippen LogP contribution in [-0.2, 0) is 9.59 Å². The number of imide groups is 1. The molecule has 1 saturated heterocycles. The van der Waals surface area contributed by atoms with Crippen LogP contribution in [0, 0.1) is 12.8 Å². The topological polar surface area (TPSA) is 84.0 Å². The molecule has 1 atom stereocenters. The zero-order valence-corrected chi connectivity index (χ0v) is 27.6. The second-order valence-corrected chi connectivity index (χ2v) is 12.9. The van der Waals surface area contributed by atoms with Crippen molar-refractivity contribution in [2.75, 3.05) is 16.3 Å². The third-order valence-corrected chi connectivity index (χ3v) is 12.0. The number of esters is 1. The van der Waals surface area contributed by atoms with Crippen molar-refractivity contribution in [1.82, 2.24) is 0 Å². The van der Waals surface area contributed by atoms with Gasteiger partial charge >= 0.3 is 5.97 Å². The number of benzene rings is 4. The molecule has 0 radical (unpaired) electrons. The van der Waals surface area contributed by atoms with Gasteiger partial charge in [-0.1, -0.05) is 36.4 Å². The minimum Gasteiger partial charge on any atom is -0.426 e. The van der Waals surface area contributed by atoms with Crippen molar-refractivity contribution >= 4 is 110 Å². The lowest BCUT2D eigenvalue weighted by molar-refractivity contribution is -0.139. The molecule has 4 aromatic rings. The van der Waals surface area contributed by atoms with Gasteiger partial charge in [0, 0.05) is 36.2 Å². The van der Waals surface area contributed by atoms with Crippen LogP contribution in [0.25, 0.3) is 10.8 Å². The molecule has 1 fully saturated rings. The monoisotopic (exact) mass is 802 g/mol. The van der Waals surface area contributed by atoms with E-state index in [1.807, 2.05) is 42.5 Å². The van der Waals surface area contributed by atoms with Gasteiger partial charge in [0.15, 0.2) is 0 Å². The van der Waals surface area contributed by atoms with Crippen LogP contribution in [-0.4, -0.2) is 30.2 Å². The van der Waals surface area contributed by atoms with E-state index in [4.69, 9.17) is 4.74 Å². The molecule has 2 heterocycles. The molecule has 41 heavy (non-hydrogen) atoms. The number of amides is 3. The number of rotatable bonds is 4. The molecule has 2 aliphatic rings. The molecule has 6 rings (SSSR count). The Labute approximate surface area is 268 Å². The van der Waals surface area contributed by atoms with Gasteiger partial charge < -0.3 is 9.64 Å². The Morgan fingerprint density at radius 2 is 1.44 bits per heavy atom. The van der Waals surface area contributed by atoms with Gasteiger partial charge in [0.05, 0.1) is 28.4 Å². The third kappa shape index (κ3) is 4.67. The average molecular weight is 806 g/mol. The predicted octanol–water partition coefficient (Wildman–Crippen LogP) is 7.96. The number of aryl methyl sites for hydroxylation is 1. The summed E-state index contributed by atoms with van der Waals surface area (Å²) in [6, 6.07) is 18.3. The van der Waals surface area contributed by atoms with Crippen LogP contribution < -0.4 is 14.5 Å². The number of carbonyl (C=O) groups excluding carboxylic acids is 4. The molecule has 0 aromatic heterocycles. The second-order valence-electron chi connectivity index (χ2n) is 9.72. The molecule has 3 amide bonds. The summed E-state index contributed by atoms with van der Waals surface area (Å²) in [6.45, 7) is 1.94. The fourth-order valence-electron chi connectivity index (χ4n) is 5.25. The van der Waals surface area contributed by atoms with Crippen LogP contribution in [0.2, 0.25) is 0 Å². The van der Waals surface area contributed by atoms with E-state index < -0.39 is 23.7 Å². The molecule has 0 spiro atoms. The van der Waals surface area contributed by atoms with Crippen molar-refractivity contribution < 1.29 is 23.9 Å². The summed E-state index contributed by atoms with van der Waals surface area (Å²) in [6.07, 6.45) is 0.0447. The number of carbonyl (C=O) groups is 4. The highest BCUT2D eigenvalue weighted by Gasteiger charge is 2.42. The third-order valence-electron chi connectivity index (χ3n) is 7.24. The van der Waals surface area contributed by atoms with Crippen molar-refractivity contribution in [3.63, 3.8) is 0 Å². The summed E-state index contributed by atoms with van der Waals surface area (Å²) < 4.78 is 7.82. The van der Waals surface area contributed by atoms with Gasteiger partial charge in [-0.3, -0.25) is 19.2 Å². The Morgan fingerprint density at radius 1 is 0.805 bits per heavy atom. The highest BCUT2D eigenvalue weighted by atomic mass is 79.9. The van der Waals surface area contributed by atoms with Crippen LogP contribution >= 0.6 is 63.7 Å². The molecular formula is C30H18Br4N2O5. The van der Waals surface area contributed by atoms with E-state index in [1.54, 1.807) is 30.0 Å². The number of fused-ring (bicyclic) bond motifs is 2. The minimum absolute atomic E-state index is 0.0447. The van der Waals surface area contributed by atoms with E-state index >= 15 is 0 Å². The maximum Gasteiger partial charge on any atom is 0.316 e. The van der Waals surface area contributed by atoms with Crippen molar-refractivity contribution in [1.29, 1.82) is 0 Å². The Hall–Kier alpha value is -2.86. The quantitative estimate of drug-likeness (QED) is 0.0688. The molecule has 2 aliphatic heterocycles. The van der Waals surface area contributed by atoms with Gasteiger partial charge in [-0.05, 0) is 106 Å². The van der Waals surface area contributed by atoms with Gasteiger partial charge in [-0.15, -0.1) is 0 Å². The van der Waals surface area contributed by atoms with Crippen molar-refractivity contribution in [3.8, 4) is 5.75 Å². The van der Waals surface area contributed by atoms with Crippen LogP contribution in [0.5, 0.6) is 5.75 Å². The van der Waals surface area contributed by atoms with Gasteiger partial charge in [-0.25, -0.2) is 4.90 Å². The van der Waals surface area contributed by atoms with Crippen LogP contribution in [0.15, 0.2) is 78.6 Å². The van der Waals surface area contributed by atoms with E-state index in [1.165, 1.54) is 0 Å². The summed E-state index contributed by atoms with van der Waals surface area (Å²) in [5.41, 5.74) is 2.19. The Kier molecular flexibility index (Phi) is 7.42. The summed E-state index contributed by atoms with van der Waals surface area (Å²) in [5.74, 6) is -1.98. The molecule has 4 aromatic carbocycles. The first-order valence-electron chi connectivity index (χ1n) is 12.4. The molecule has 0 unspecified atom stereocenters. The summed E-state index contributed by atoms with van der Waals surface area (Å²) >= 11 is 13.7. The molecule has 11 heteroatoms. The largest absolute Gasteiger partial charge is 0.426 e. The predicted molar refractivity (Wildman–Crippen MR) is 170 cm³/mol. The van der Waals surface area contributed by atoms with Crippen molar-refractivity contribution in [3.05, 3.63) is 95.2 Å². The lowest BCUT2D eigenvalue weighted by atomic mass is 10.1. The summed E-state index contributed by atoms with van der Waals surface area (Å²) in [4.78, 5) is 55.5. The lowest BCUT2D eigenvalue weighted by Crippen LogP contribution is -2.30. The van der Waals surface area contributed by atoms with Crippen LogP contribution in [0.4, 0.5) is 11.4 Å². The minimum atomic E-state index is -0.635. The van der Waals surface area contributed by atoms with Crippen LogP contribution in [0.3, 0.4) is 0 Å². The second kappa shape index (κ2) is 10.8. The molecular weight excluding hydrogens is 788 g/mol. The van der Waals surface area contributed by atoms with Crippen LogP contribution in [0.1, 0.15) is 32.7 Å². The summed E-state index contributed by atoms with van der Waals surface area (Å²) in [7, 11) is 0. The van der Waals surface area contributed by atoms with Gasteiger partial charge in [0.25, 0.3) is 11.8 Å². The Balaban J connectivity index is 1.21. The van der Waals surface area contributed by atoms with E-state index in [9.17, 15) is 19.2 Å². The first-order chi connectivity index (χ1) is 19.6. The number of halogens is 4. The summed E-state index contributed by atoms with van der Waals surface area (Å²) in [5, 5.41) is 1.95. The molecule has 0 saturated carbocycles. The first kappa shape index (κ1) is 28.3. The van der Waals surface area contributed by atoms with Gasteiger partial charge in [-0.2, -0.15) is 0 Å².